The number of alkyl halides is 1. The number of nitrogens with zero attached hydrogens (tertiary/aromatic N) is 3. The van der Waals surface area contributed by atoms with Crippen molar-refractivity contribution in [1.82, 2.24) is 14.1 Å². The number of halogens is 1. The van der Waals surface area contributed by atoms with Crippen LogP contribution in [-0.4, -0.2) is 62.7 Å². The number of rotatable bonds is 11. The van der Waals surface area contributed by atoms with Crippen LogP contribution < -0.4 is 11.2 Å². The predicted molar refractivity (Wildman–Crippen MR) is 144 cm³/mol. The second-order valence-corrected chi connectivity index (χ2v) is 10.7. The Bertz CT molecular complexity index is 1450. The molecule has 0 radical (unpaired) electrons. The minimum atomic E-state index is -3.09. The van der Waals surface area contributed by atoms with Crippen molar-refractivity contribution < 1.29 is 47.3 Å². The van der Waals surface area contributed by atoms with Crippen molar-refractivity contribution in [3.05, 3.63) is 63.2 Å². The Kier molecular flexibility index (Phi) is 10.6. The van der Waals surface area contributed by atoms with Gasteiger partial charge in [-0.3, -0.25) is 28.7 Å². The van der Waals surface area contributed by atoms with Crippen molar-refractivity contribution in [1.29, 1.82) is 0 Å². The van der Waals surface area contributed by atoms with E-state index in [9.17, 15) is 28.8 Å². The van der Waals surface area contributed by atoms with Crippen LogP contribution in [0.5, 0.6) is 0 Å². The third kappa shape index (κ3) is 7.71. The van der Waals surface area contributed by atoms with Crippen molar-refractivity contribution in [3.63, 3.8) is 0 Å². The molecule has 14 nitrogen and oxygen atoms in total. The summed E-state index contributed by atoms with van der Waals surface area (Å²) in [5, 5.41) is 0. The van der Waals surface area contributed by atoms with Gasteiger partial charge in [-0.25, -0.2) is 18.5 Å². The zero-order chi connectivity index (χ0) is 32.1. The van der Waals surface area contributed by atoms with Gasteiger partial charge in [0.1, 0.15) is 0 Å². The molecule has 234 valence electrons. The van der Waals surface area contributed by atoms with Crippen LogP contribution in [0, 0.1) is 17.8 Å². The van der Waals surface area contributed by atoms with E-state index < -0.39 is 90.5 Å². The first-order valence-electron chi connectivity index (χ1n) is 13.5. The summed E-state index contributed by atoms with van der Waals surface area (Å²) in [6.45, 7) is 7.08. The molecule has 15 heteroatoms. The maximum absolute atomic E-state index is 16.6. The van der Waals surface area contributed by atoms with Crippen LogP contribution in [0.4, 0.5) is 4.39 Å². The van der Waals surface area contributed by atoms with Crippen LogP contribution in [0.15, 0.2) is 46.4 Å². The van der Waals surface area contributed by atoms with E-state index in [0.29, 0.717) is 4.57 Å². The van der Waals surface area contributed by atoms with E-state index in [-0.39, 0.29) is 5.56 Å². The third-order valence-electron chi connectivity index (χ3n) is 6.25. The van der Waals surface area contributed by atoms with Crippen LogP contribution in [-0.2, 0) is 44.8 Å². The number of carbonyl (C=O) groups excluding carboxylic acids is 4. The highest BCUT2D eigenvalue weighted by molar-refractivity contribution is 5.89. The summed E-state index contributed by atoms with van der Waals surface area (Å²) < 4.78 is 44.4. The molecule has 0 spiro atoms. The number of ether oxygens (including phenoxy) is 5. The number of esters is 4. The molecule has 4 atom stereocenters. The summed E-state index contributed by atoms with van der Waals surface area (Å²) in [5.41, 5.74) is -1.91. The molecule has 0 aromatic carbocycles. The molecule has 3 heterocycles. The Morgan fingerprint density at radius 2 is 1.49 bits per heavy atom. The van der Waals surface area contributed by atoms with Gasteiger partial charge >= 0.3 is 29.6 Å². The second kappa shape index (κ2) is 13.7. The molecule has 1 aliphatic rings. The van der Waals surface area contributed by atoms with Crippen LogP contribution in [0.25, 0.3) is 0 Å². The van der Waals surface area contributed by atoms with Gasteiger partial charge in [-0.1, -0.05) is 41.5 Å². The van der Waals surface area contributed by atoms with E-state index in [1.54, 1.807) is 0 Å². The fraction of sp³-hybridized carbons (Fsp3) is 0.536. The molecule has 1 aliphatic heterocycles. The largest absolute Gasteiger partial charge is 0.459 e. The van der Waals surface area contributed by atoms with Gasteiger partial charge in [0.25, 0.3) is 11.4 Å². The molecule has 0 amide bonds. The van der Waals surface area contributed by atoms with Crippen molar-refractivity contribution in [3.8, 4) is 0 Å². The van der Waals surface area contributed by atoms with Crippen LogP contribution in [0.1, 0.15) is 58.1 Å². The van der Waals surface area contributed by atoms with E-state index in [4.69, 9.17) is 23.7 Å². The lowest BCUT2D eigenvalue weighted by molar-refractivity contribution is -0.226. The highest BCUT2D eigenvalue weighted by Gasteiger charge is 2.62. The Balaban J connectivity index is 2.06. The molecule has 0 bridgehead atoms. The Labute approximate surface area is 245 Å². The van der Waals surface area contributed by atoms with E-state index in [1.165, 1.54) is 66.1 Å². The molecule has 0 N–H and O–H groups in total. The standard InChI is InChI=1S/C28H34FN3O11/c1-15(2)23(34)39-13-28(29)21(42-25(36)17(5)6)20(41-24(35)16(3)4)22(43-28)31-12-9-19(33)32(27(31)38)14-40-26(37)18-7-10-30-11-8-18/h7-12,15-17,20-22H,13-14H2,1-6H3/t20-,21+,22-,28-/m1/s1. The van der Waals surface area contributed by atoms with Crippen LogP contribution in [0.2, 0.25) is 0 Å². The Morgan fingerprint density at radius 1 is 0.907 bits per heavy atom. The fourth-order valence-corrected chi connectivity index (χ4v) is 3.74. The fourth-order valence-electron chi connectivity index (χ4n) is 3.74. The van der Waals surface area contributed by atoms with E-state index in [2.05, 4.69) is 4.98 Å². The molecule has 0 unspecified atom stereocenters. The van der Waals surface area contributed by atoms with Gasteiger partial charge in [-0.15, -0.1) is 0 Å². The lowest BCUT2D eigenvalue weighted by atomic mass is 10.1. The van der Waals surface area contributed by atoms with Gasteiger partial charge in [0.15, 0.2) is 25.7 Å². The third-order valence-corrected chi connectivity index (χ3v) is 6.25. The molecule has 0 aliphatic carbocycles. The zero-order valence-corrected chi connectivity index (χ0v) is 24.6. The van der Waals surface area contributed by atoms with E-state index in [1.807, 2.05) is 0 Å². The first-order chi connectivity index (χ1) is 20.2. The molecule has 1 saturated heterocycles. The first-order valence-corrected chi connectivity index (χ1v) is 13.5. The normalized spacial score (nSPS) is 21.6. The molecule has 3 rings (SSSR count). The minimum Gasteiger partial charge on any atom is -0.459 e. The molecular formula is C28H34FN3O11. The summed E-state index contributed by atoms with van der Waals surface area (Å²) in [6, 6.07) is 3.64. The highest BCUT2D eigenvalue weighted by Crippen LogP contribution is 2.42. The topological polar surface area (TPSA) is 171 Å². The molecule has 43 heavy (non-hydrogen) atoms. The SMILES string of the molecule is CC(C)C(=O)OC[C@@]1(F)O[C@@H](n2ccc(=O)n(COC(=O)c3ccncc3)c2=O)[C@H](OC(=O)C(C)C)[C@@H]1OC(=O)C(C)C. The van der Waals surface area contributed by atoms with Crippen molar-refractivity contribution in [2.45, 2.75) is 72.6 Å². The average Bonchev–Trinajstić information content (AvgIpc) is 3.22. The zero-order valence-electron chi connectivity index (χ0n) is 24.6. The number of pyridine rings is 1. The summed E-state index contributed by atoms with van der Waals surface area (Å²) in [4.78, 5) is 79.7. The smallest absolute Gasteiger partial charge is 0.339 e. The summed E-state index contributed by atoms with van der Waals surface area (Å²) in [6.07, 6.45) is -1.93. The van der Waals surface area contributed by atoms with Gasteiger partial charge in [-0.05, 0) is 12.1 Å². The monoisotopic (exact) mass is 607 g/mol. The van der Waals surface area contributed by atoms with E-state index >= 15 is 4.39 Å². The minimum absolute atomic E-state index is 0.104. The lowest BCUT2D eigenvalue weighted by Gasteiger charge is -2.28. The second-order valence-electron chi connectivity index (χ2n) is 10.7. The number of hydrogen-bond donors (Lipinski definition) is 0. The maximum atomic E-state index is 16.6. The maximum Gasteiger partial charge on any atom is 0.339 e. The van der Waals surface area contributed by atoms with Gasteiger partial charge < -0.3 is 23.7 Å². The van der Waals surface area contributed by atoms with E-state index in [0.717, 1.165) is 16.8 Å². The van der Waals surface area contributed by atoms with Gasteiger partial charge in [0.2, 0.25) is 6.10 Å². The van der Waals surface area contributed by atoms with Gasteiger partial charge in [0, 0.05) is 24.7 Å². The summed E-state index contributed by atoms with van der Waals surface area (Å²) in [5.74, 6) is -8.60. The van der Waals surface area contributed by atoms with Crippen LogP contribution >= 0.6 is 0 Å². The molecule has 2 aromatic heterocycles. The van der Waals surface area contributed by atoms with Gasteiger partial charge in [0.05, 0.1) is 23.3 Å². The molecule has 2 aromatic rings. The quantitative estimate of drug-likeness (QED) is 0.268. The van der Waals surface area contributed by atoms with Crippen molar-refractivity contribution >= 4 is 23.9 Å². The lowest BCUT2D eigenvalue weighted by Crippen LogP contribution is -2.49. The molecule has 1 fully saturated rings. The van der Waals surface area contributed by atoms with Gasteiger partial charge in [-0.2, -0.15) is 0 Å². The van der Waals surface area contributed by atoms with Crippen molar-refractivity contribution in [2.75, 3.05) is 6.61 Å². The predicted octanol–water partition coefficient (Wildman–Crippen LogP) is 1.75. The molecular weight excluding hydrogens is 573 g/mol. The first kappa shape index (κ1) is 33.1. The number of aromatic nitrogens is 3. The Morgan fingerprint density at radius 3 is 2.07 bits per heavy atom. The summed E-state index contributed by atoms with van der Waals surface area (Å²) in [7, 11) is 0. The highest BCUT2D eigenvalue weighted by atomic mass is 19.2. The van der Waals surface area contributed by atoms with Crippen molar-refractivity contribution in [2.24, 2.45) is 17.8 Å². The average molecular weight is 608 g/mol. The Hall–Kier alpha value is -4.40. The number of carbonyl (C=O) groups is 4. The summed E-state index contributed by atoms with van der Waals surface area (Å²) >= 11 is 0. The molecule has 0 saturated carbocycles. The van der Waals surface area contributed by atoms with Crippen LogP contribution in [0.3, 0.4) is 0 Å². The number of hydrogen-bond acceptors (Lipinski definition) is 12.